The number of nitrogens with one attached hydrogen (secondary N) is 2. The van der Waals surface area contributed by atoms with E-state index >= 15 is 0 Å². The molecule has 7 heteroatoms. The van der Waals surface area contributed by atoms with Crippen molar-refractivity contribution in [1.29, 1.82) is 0 Å². The summed E-state index contributed by atoms with van der Waals surface area (Å²) in [5, 5.41) is 5.36. The Hall–Kier alpha value is -3.19. The lowest BCUT2D eigenvalue weighted by Gasteiger charge is -2.35. The fraction of sp³-hybridized carbons (Fsp3) is 0.348. The van der Waals surface area contributed by atoms with Crippen molar-refractivity contribution in [2.24, 2.45) is 11.5 Å². The number of fused-ring (bicyclic) bond motifs is 2. The van der Waals surface area contributed by atoms with E-state index in [4.69, 9.17) is 11.5 Å². The first-order chi connectivity index (χ1) is 14.4. The normalized spacial score (nSPS) is 15.1. The zero-order valence-electron chi connectivity index (χ0n) is 17.1. The van der Waals surface area contributed by atoms with Crippen LogP contribution in [0.5, 0.6) is 0 Å². The van der Waals surface area contributed by atoms with Gasteiger partial charge in [0.2, 0.25) is 18.7 Å². The van der Waals surface area contributed by atoms with Crippen LogP contribution in [0.3, 0.4) is 0 Å². The van der Waals surface area contributed by atoms with Gasteiger partial charge in [0.1, 0.15) is 5.41 Å². The van der Waals surface area contributed by atoms with Crippen LogP contribution in [-0.4, -0.2) is 24.8 Å². The van der Waals surface area contributed by atoms with E-state index in [1.165, 1.54) is 0 Å². The second-order valence-corrected chi connectivity index (χ2v) is 7.93. The number of carbonyl (C=O) groups is 3. The number of carbonyl (C=O) groups excluding carboxylic acids is 3. The highest BCUT2D eigenvalue weighted by Crippen LogP contribution is 2.43. The maximum absolute atomic E-state index is 13.1. The second-order valence-electron chi connectivity index (χ2n) is 7.93. The molecule has 1 aliphatic rings. The molecule has 0 fully saturated rings. The molecule has 0 saturated carbocycles. The lowest BCUT2D eigenvalue weighted by molar-refractivity contribution is -0.122. The summed E-state index contributed by atoms with van der Waals surface area (Å²) in [6.45, 7) is 2.71. The van der Waals surface area contributed by atoms with Crippen LogP contribution in [0.1, 0.15) is 46.7 Å². The molecule has 1 aliphatic carbocycles. The highest BCUT2D eigenvalue weighted by atomic mass is 16.1. The zero-order valence-corrected chi connectivity index (χ0v) is 17.1. The minimum atomic E-state index is -1.04. The maximum Gasteiger partial charge on any atom is 0.232 e. The van der Waals surface area contributed by atoms with Gasteiger partial charge in [-0.1, -0.05) is 36.4 Å². The number of nitrogens with two attached hydrogens (primary N) is 2. The Morgan fingerprint density at radius 2 is 1.47 bits per heavy atom. The summed E-state index contributed by atoms with van der Waals surface area (Å²) in [6.07, 6.45) is 3.19. The van der Waals surface area contributed by atoms with E-state index < -0.39 is 11.3 Å². The van der Waals surface area contributed by atoms with Crippen LogP contribution in [-0.2, 0) is 45.7 Å². The van der Waals surface area contributed by atoms with Crippen LogP contribution in [0, 0.1) is 0 Å². The van der Waals surface area contributed by atoms with Gasteiger partial charge in [0.05, 0.1) is 0 Å². The number of primary amides is 1. The Bertz CT molecular complexity index is 892. The Morgan fingerprint density at radius 3 is 1.83 bits per heavy atom. The largest absolute Gasteiger partial charge is 0.369 e. The van der Waals surface area contributed by atoms with Gasteiger partial charge in [-0.3, -0.25) is 14.4 Å². The third-order valence-electron chi connectivity index (χ3n) is 5.75. The van der Waals surface area contributed by atoms with Crippen molar-refractivity contribution in [2.45, 2.75) is 50.7 Å². The molecule has 0 saturated heterocycles. The van der Waals surface area contributed by atoms with Gasteiger partial charge in [-0.05, 0) is 59.6 Å². The summed E-state index contributed by atoms with van der Waals surface area (Å²) in [7, 11) is 0. The molecule has 6 N–H and O–H groups in total. The fourth-order valence-electron chi connectivity index (χ4n) is 4.56. The predicted molar refractivity (Wildman–Crippen MR) is 114 cm³/mol. The molecule has 2 aromatic carbocycles. The van der Waals surface area contributed by atoms with Crippen molar-refractivity contribution in [1.82, 2.24) is 10.6 Å². The molecular formula is C23H28N4O3. The maximum atomic E-state index is 13.1. The molecule has 0 bridgehead atoms. The zero-order chi connectivity index (χ0) is 21.7. The van der Waals surface area contributed by atoms with Gasteiger partial charge in [0, 0.05) is 19.1 Å². The highest BCUT2D eigenvalue weighted by Gasteiger charge is 2.45. The van der Waals surface area contributed by atoms with Gasteiger partial charge in [0.15, 0.2) is 0 Å². The summed E-state index contributed by atoms with van der Waals surface area (Å²) >= 11 is 0. The van der Waals surface area contributed by atoms with Crippen molar-refractivity contribution in [3.05, 3.63) is 69.8 Å². The molecular weight excluding hydrogens is 380 g/mol. The Labute approximate surface area is 176 Å². The van der Waals surface area contributed by atoms with Crippen molar-refractivity contribution in [3.63, 3.8) is 0 Å². The number of aryl methyl sites for hydroxylation is 2. The minimum Gasteiger partial charge on any atom is -0.369 e. The third kappa shape index (κ3) is 4.07. The van der Waals surface area contributed by atoms with Crippen LogP contribution >= 0.6 is 0 Å². The number of amides is 3. The quantitative estimate of drug-likeness (QED) is 0.457. The average Bonchev–Trinajstić information content (AvgIpc) is 2.85. The molecule has 1 atom stereocenters. The average molecular weight is 409 g/mol. The summed E-state index contributed by atoms with van der Waals surface area (Å²) < 4.78 is 0. The number of hydrogen-bond donors (Lipinski definition) is 4. The monoisotopic (exact) mass is 408 g/mol. The van der Waals surface area contributed by atoms with Gasteiger partial charge in [-0.15, -0.1) is 0 Å². The highest BCUT2D eigenvalue weighted by molar-refractivity contribution is 5.92. The number of hydrogen-bond acceptors (Lipinski definition) is 4. The van der Waals surface area contributed by atoms with Crippen LogP contribution in [0.4, 0.5) is 0 Å². The second kappa shape index (κ2) is 9.09. The van der Waals surface area contributed by atoms with Crippen LogP contribution in [0.15, 0.2) is 36.4 Å². The van der Waals surface area contributed by atoms with Gasteiger partial charge < -0.3 is 22.1 Å². The van der Waals surface area contributed by atoms with Gasteiger partial charge in [-0.2, -0.15) is 0 Å². The lowest BCUT2D eigenvalue weighted by atomic mass is 9.68. The van der Waals surface area contributed by atoms with Gasteiger partial charge in [-0.25, -0.2) is 0 Å². The van der Waals surface area contributed by atoms with E-state index in [9.17, 15) is 14.4 Å². The minimum absolute atomic E-state index is 0.246. The lowest BCUT2D eigenvalue weighted by Crippen LogP contribution is -2.46. The van der Waals surface area contributed by atoms with E-state index in [0.29, 0.717) is 32.3 Å². The molecule has 0 aromatic heterocycles. The number of benzene rings is 2. The molecule has 0 aliphatic heterocycles. The molecule has 0 unspecified atom stereocenters. The first-order valence-electron chi connectivity index (χ1n) is 10.1. The molecule has 3 rings (SSSR count). The standard InChI is InChI=1S/C23H28N4O3/c1-15(24)10-23(22(25)30)20-6-2-16(11-26-13-28)8-18(20)4-5-19-9-17(12-27-14-29)3-7-21(19)23/h2-3,6-9,13-15H,4-5,10-12,24H2,1H3,(H2,25,30)(H,26,28)(H,27,29)/t15-/m0/s1. The Morgan fingerprint density at radius 1 is 1.00 bits per heavy atom. The van der Waals surface area contributed by atoms with E-state index in [2.05, 4.69) is 10.6 Å². The van der Waals surface area contributed by atoms with Crippen LogP contribution < -0.4 is 22.1 Å². The molecule has 0 heterocycles. The summed E-state index contributed by atoms with van der Waals surface area (Å²) in [6, 6.07) is 11.5. The number of rotatable bonds is 9. The van der Waals surface area contributed by atoms with Gasteiger partial charge in [0.25, 0.3) is 0 Å². The fourth-order valence-corrected chi connectivity index (χ4v) is 4.56. The van der Waals surface area contributed by atoms with Crippen molar-refractivity contribution >= 4 is 18.7 Å². The van der Waals surface area contributed by atoms with Crippen LogP contribution in [0.25, 0.3) is 0 Å². The predicted octanol–water partition coefficient (Wildman–Crippen LogP) is 0.786. The molecule has 30 heavy (non-hydrogen) atoms. The van der Waals surface area contributed by atoms with E-state index in [-0.39, 0.29) is 6.04 Å². The molecule has 0 radical (unpaired) electrons. The Balaban J connectivity index is 2.19. The van der Waals surface area contributed by atoms with E-state index in [1.54, 1.807) is 0 Å². The summed E-state index contributed by atoms with van der Waals surface area (Å²) in [5.41, 5.74) is 17.0. The van der Waals surface area contributed by atoms with Crippen molar-refractivity contribution in [3.8, 4) is 0 Å². The van der Waals surface area contributed by atoms with Crippen molar-refractivity contribution < 1.29 is 14.4 Å². The SMILES string of the molecule is C[C@H](N)CC1(C(N)=O)c2ccc(CNC=O)cc2CCc2cc(CNC=O)ccc21. The van der Waals surface area contributed by atoms with Crippen molar-refractivity contribution in [2.75, 3.05) is 0 Å². The molecule has 3 amide bonds. The first kappa shape index (κ1) is 21.5. The molecule has 0 spiro atoms. The van der Waals surface area contributed by atoms with Crippen LogP contribution in [0.2, 0.25) is 0 Å². The summed E-state index contributed by atoms with van der Waals surface area (Å²) in [4.78, 5) is 34.4. The first-order valence-corrected chi connectivity index (χ1v) is 10.1. The summed E-state index contributed by atoms with van der Waals surface area (Å²) in [5.74, 6) is -0.429. The smallest absolute Gasteiger partial charge is 0.232 e. The van der Waals surface area contributed by atoms with Gasteiger partial charge >= 0.3 is 0 Å². The molecule has 158 valence electrons. The van der Waals surface area contributed by atoms with E-state index in [0.717, 1.165) is 46.2 Å². The molecule has 2 aromatic rings. The molecule has 7 nitrogen and oxygen atoms in total. The van der Waals surface area contributed by atoms with E-state index in [1.807, 2.05) is 43.3 Å². The third-order valence-corrected chi connectivity index (χ3v) is 5.75. The Kier molecular flexibility index (Phi) is 6.52. The topological polar surface area (TPSA) is 127 Å².